The summed E-state index contributed by atoms with van der Waals surface area (Å²) in [7, 11) is 2.04. The Bertz CT molecular complexity index is 764. The molecule has 1 fully saturated rings. The normalized spacial score (nSPS) is 19.9. The first-order valence-corrected chi connectivity index (χ1v) is 8.43. The van der Waals surface area contributed by atoms with Crippen LogP contribution >= 0.6 is 0 Å². The molecule has 7 nitrogen and oxygen atoms in total. The number of ether oxygens (including phenoxy) is 1. The molecule has 2 aromatic carbocycles. The number of rotatable bonds is 6. The topological polar surface area (TPSA) is 84.7 Å². The monoisotopic (exact) mass is 355 g/mol. The van der Waals surface area contributed by atoms with Gasteiger partial charge in [-0.05, 0) is 24.7 Å². The lowest BCUT2D eigenvalue weighted by Gasteiger charge is -2.20. The van der Waals surface area contributed by atoms with E-state index >= 15 is 0 Å². The summed E-state index contributed by atoms with van der Waals surface area (Å²) in [5.41, 5.74) is 1.19. The molecular weight excluding hydrogens is 334 g/mol. The zero-order chi connectivity index (χ0) is 18.5. The first-order chi connectivity index (χ1) is 12.5. The lowest BCUT2D eigenvalue weighted by molar-refractivity contribution is -0.384. The maximum absolute atomic E-state index is 12.3. The fraction of sp³-hybridized carbons (Fsp3) is 0.316. The molecule has 1 N–H and O–H groups in total. The molecule has 0 radical (unpaired) electrons. The van der Waals surface area contributed by atoms with Gasteiger partial charge in [0.1, 0.15) is 5.75 Å². The lowest BCUT2D eigenvalue weighted by Crippen LogP contribution is -2.41. The first-order valence-electron chi connectivity index (χ1n) is 8.43. The molecule has 1 amide bonds. The summed E-state index contributed by atoms with van der Waals surface area (Å²) in [6.45, 7) is 1.54. The Kier molecular flexibility index (Phi) is 5.48. The molecule has 2 atom stereocenters. The molecule has 2 aromatic rings. The van der Waals surface area contributed by atoms with Crippen LogP contribution in [0.25, 0.3) is 0 Å². The molecule has 7 heteroatoms. The number of amides is 1. The van der Waals surface area contributed by atoms with Gasteiger partial charge in [0.05, 0.1) is 4.92 Å². The van der Waals surface area contributed by atoms with Crippen LogP contribution in [0.1, 0.15) is 11.5 Å². The Balaban J connectivity index is 1.56. The van der Waals surface area contributed by atoms with E-state index < -0.39 is 4.92 Å². The van der Waals surface area contributed by atoms with Gasteiger partial charge in [-0.1, -0.05) is 30.3 Å². The molecule has 0 unspecified atom stereocenters. The predicted molar refractivity (Wildman–Crippen MR) is 97.2 cm³/mol. The molecule has 0 aromatic heterocycles. The van der Waals surface area contributed by atoms with Crippen molar-refractivity contribution in [3.05, 3.63) is 70.3 Å². The molecule has 26 heavy (non-hydrogen) atoms. The van der Waals surface area contributed by atoms with Crippen molar-refractivity contribution in [2.45, 2.75) is 12.0 Å². The number of carbonyl (C=O) groups is 1. The van der Waals surface area contributed by atoms with E-state index in [1.54, 1.807) is 0 Å². The van der Waals surface area contributed by atoms with Crippen molar-refractivity contribution in [1.82, 2.24) is 10.2 Å². The van der Waals surface area contributed by atoms with E-state index in [1.807, 2.05) is 25.2 Å². The summed E-state index contributed by atoms with van der Waals surface area (Å²) in [6, 6.07) is 15.9. The zero-order valence-corrected chi connectivity index (χ0v) is 14.5. The average molecular weight is 355 g/mol. The summed E-state index contributed by atoms with van der Waals surface area (Å²) in [4.78, 5) is 24.6. The maximum atomic E-state index is 12.3. The van der Waals surface area contributed by atoms with Gasteiger partial charge < -0.3 is 15.0 Å². The molecule has 0 spiro atoms. The second-order valence-corrected chi connectivity index (χ2v) is 6.45. The van der Waals surface area contributed by atoms with E-state index in [1.165, 1.54) is 29.8 Å². The Morgan fingerprint density at radius 2 is 1.88 bits per heavy atom. The van der Waals surface area contributed by atoms with E-state index in [0.29, 0.717) is 5.75 Å². The van der Waals surface area contributed by atoms with Crippen LogP contribution in [0.3, 0.4) is 0 Å². The number of nitro groups is 1. The summed E-state index contributed by atoms with van der Waals surface area (Å²) in [5, 5.41) is 13.7. The van der Waals surface area contributed by atoms with Crippen LogP contribution in [0.2, 0.25) is 0 Å². The summed E-state index contributed by atoms with van der Waals surface area (Å²) >= 11 is 0. The Morgan fingerprint density at radius 1 is 1.19 bits per heavy atom. The number of likely N-dealkylation sites (N-methyl/N-ethyl adjacent to an activating group) is 1. The van der Waals surface area contributed by atoms with Crippen LogP contribution in [-0.4, -0.2) is 48.5 Å². The fourth-order valence-corrected chi connectivity index (χ4v) is 3.25. The van der Waals surface area contributed by atoms with Crippen LogP contribution < -0.4 is 10.1 Å². The molecule has 3 rings (SSSR count). The number of non-ortho nitro benzene ring substituents is 1. The van der Waals surface area contributed by atoms with Crippen LogP contribution in [0.5, 0.6) is 5.75 Å². The molecule has 0 bridgehead atoms. The second kappa shape index (κ2) is 7.97. The minimum atomic E-state index is -0.475. The number of nitrogens with one attached hydrogen (secondary N) is 1. The molecule has 0 aliphatic carbocycles. The molecule has 136 valence electrons. The summed E-state index contributed by atoms with van der Waals surface area (Å²) < 4.78 is 5.43. The van der Waals surface area contributed by atoms with Gasteiger partial charge in [0.15, 0.2) is 6.61 Å². The second-order valence-electron chi connectivity index (χ2n) is 6.45. The summed E-state index contributed by atoms with van der Waals surface area (Å²) in [6.07, 6.45) is 0. The number of likely N-dealkylation sites (tertiary alicyclic amines) is 1. The molecule has 0 saturated carbocycles. The molecule has 1 heterocycles. The van der Waals surface area contributed by atoms with Gasteiger partial charge >= 0.3 is 0 Å². The Hall–Kier alpha value is -2.93. The van der Waals surface area contributed by atoms with Crippen molar-refractivity contribution in [3.8, 4) is 5.75 Å². The zero-order valence-electron chi connectivity index (χ0n) is 14.5. The maximum Gasteiger partial charge on any atom is 0.269 e. The number of carbonyl (C=O) groups excluding carboxylic acids is 1. The fourth-order valence-electron chi connectivity index (χ4n) is 3.25. The van der Waals surface area contributed by atoms with Crippen LogP contribution in [0, 0.1) is 10.1 Å². The van der Waals surface area contributed by atoms with Crippen LogP contribution in [0.4, 0.5) is 5.69 Å². The van der Waals surface area contributed by atoms with E-state index in [4.69, 9.17) is 4.74 Å². The van der Waals surface area contributed by atoms with E-state index in [-0.39, 0.29) is 30.2 Å². The van der Waals surface area contributed by atoms with Crippen molar-refractivity contribution in [3.63, 3.8) is 0 Å². The molecule has 1 aliphatic heterocycles. The van der Waals surface area contributed by atoms with Crippen molar-refractivity contribution >= 4 is 11.6 Å². The third kappa shape index (κ3) is 4.37. The highest BCUT2D eigenvalue weighted by atomic mass is 16.6. The predicted octanol–water partition coefficient (Wildman–Crippen LogP) is 2.19. The van der Waals surface area contributed by atoms with E-state index in [9.17, 15) is 14.9 Å². The van der Waals surface area contributed by atoms with Crippen molar-refractivity contribution in [1.29, 1.82) is 0 Å². The quantitative estimate of drug-likeness (QED) is 0.634. The van der Waals surface area contributed by atoms with Crippen LogP contribution in [-0.2, 0) is 4.79 Å². The number of hydrogen-bond donors (Lipinski definition) is 1. The minimum Gasteiger partial charge on any atom is -0.484 e. The van der Waals surface area contributed by atoms with Gasteiger partial charge in [-0.3, -0.25) is 14.9 Å². The van der Waals surface area contributed by atoms with Crippen LogP contribution in [0.15, 0.2) is 54.6 Å². The number of nitrogens with zero attached hydrogens (tertiary/aromatic N) is 2. The largest absolute Gasteiger partial charge is 0.484 e. The highest BCUT2D eigenvalue weighted by Crippen LogP contribution is 2.26. The van der Waals surface area contributed by atoms with Crippen molar-refractivity contribution in [2.24, 2.45) is 0 Å². The van der Waals surface area contributed by atoms with Gasteiger partial charge in [-0.25, -0.2) is 0 Å². The third-order valence-corrected chi connectivity index (χ3v) is 4.49. The SMILES string of the molecule is CN1C[C@H](c2ccccc2)[C@H](NC(=O)COc2ccc([N+](=O)[O-])cc2)C1. The Labute approximate surface area is 151 Å². The van der Waals surface area contributed by atoms with E-state index in [0.717, 1.165) is 13.1 Å². The smallest absolute Gasteiger partial charge is 0.269 e. The van der Waals surface area contributed by atoms with Gasteiger partial charge in [0.2, 0.25) is 0 Å². The molecule has 1 aliphatic rings. The molecular formula is C19H21N3O4. The standard InChI is InChI=1S/C19H21N3O4/c1-21-11-17(14-5-3-2-4-6-14)18(12-21)20-19(23)13-26-16-9-7-15(8-10-16)22(24)25/h2-10,17-18H,11-13H2,1H3,(H,20,23)/t17-,18-/m1/s1. The van der Waals surface area contributed by atoms with Crippen molar-refractivity contribution in [2.75, 3.05) is 26.7 Å². The van der Waals surface area contributed by atoms with Crippen molar-refractivity contribution < 1.29 is 14.5 Å². The number of nitro benzene ring substituents is 1. The van der Waals surface area contributed by atoms with Gasteiger partial charge in [0.25, 0.3) is 11.6 Å². The Morgan fingerprint density at radius 3 is 2.54 bits per heavy atom. The lowest BCUT2D eigenvalue weighted by atomic mass is 9.94. The molecule has 1 saturated heterocycles. The third-order valence-electron chi connectivity index (χ3n) is 4.49. The highest BCUT2D eigenvalue weighted by molar-refractivity contribution is 5.78. The minimum absolute atomic E-state index is 0.0125. The van der Waals surface area contributed by atoms with Gasteiger partial charge in [0, 0.05) is 37.2 Å². The first kappa shape index (κ1) is 17.9. The van der Waals surface area contributed by atoms with E-state index in [2.05, 4.69) is 22.3 Å². The average Bonchev–Trinajstić information content (AvgIpc) is 3.01. The summed E-state index contributed by atoms with van der Waals surface area (Å²) in [5.74, 6) is 0.461. The van der Waals surface area contributed by atoms with Gasteiger partial charge in [-0.15, -0.1) is 0 Å². The number of benzene rings is 2. The number of hydrogen-bond acceptors (Lipinski definition) is 5. The van der Waals surface area contributed by atoms with Gasteiger partial charge in [-0.2, -0.15) is 0 Å². The highest BCUT2D eigenvalue weighted by Gasteiger charge is 2.32.